The number of pyridine rings is 1. The molecular formula is C27H28FN5O2. The third kappa shape index (κ3) is 6.07. The molecule has 1 amide bonds. The number of nitriles is 1. The second-order valence-corrected chi connectivity index (χ2v) is 9.37. The van der Waals surface area contributed by atoms with E-state index in [0.29, 0.717) is 31.7 Å². The predicted octanol–water partition coefficient (Wildman–Crippen LogP) is 5.31. The molecule has 0 radical (unpaired) electrons. The molecule has 2 aromatic heterocycles. The monoisotopic (exact) mass is 473 g/mol. The molecule has 0 unspecified atom stereocenters. The highest BCUT2D eigenvalue weighted by Gasteiger charge is 2.27. The van der Waals surface area contributed by atoms with E-state index in [1.54, 1.807) is 23.2 Å². The number of benzene rings is 1. The Labute approximate surface area is 204 Å². The summed E-state index contributed by atoms with van der Waals surface area (Å²) in [6, 6.07) is 14.2. The van der Waals surface area contributed by atoms with Gasteiger partial charge in [-0.15, -0.1) is 0 Å². The lowest BCUT2D eigenvalue weighted by Crippen LogP contribution is -2.50. The summed E-state index contributed by atoms with van der Waals surface area (Å²) in [6.45, 7) is 7.77. The summed E-state index contributed by atoms with van der Waals surface area (Å²) in [7, 11) is 0. The van der Waals surface area contributed by atoms with Crippen LogP contribution in [0.15, 0.2) is 48.7 Å². The molecule has 3 aromatic rings. The molecule has 0 spiro atoms. The Morgan fingerprint density at radius 1 is 1.11 bits per heavy atom. The van der Waals surface area contributed by atoms with Gasteiger partial charge in [0.15, 0.2) is 0 Å². The van der Waals surface area contributed by atoms with Gasteiger partial charge >= 0.3 is 6.09 Å². The van der Waals surface area contributed by atoms with Crippen molar-refractivity contribution in [1.29, 1.82) is 5.26 Å². The zero-order chi connectivity index (χ0) is 25.0. The number of hydrogen-bond donors (Lipinski definition) is 1. The van der Waals surface area contributed by atoms with E-state index < -0.39 is 5.60 Å². The maximum atomic E-state index is 13.1. The molecule has 1 aliphatic heterocycles. The molecule has 0 aliphatic carbocycles. The molecule has 1 aromatic carbocycles. The Morgan fingerprint density at radius 3 is 2.49 bits per heavy atom. The van der Waals surface area contributed by atoms with E-state index in [1.165, 1.54) is 12.1 Å². The lowest BCUT2D eigenvalue weighted by molar-refractivity contribution is 0.0240. The Balaban J connectivity index is 1.48. The predicted molar refractivity (Wildman–Crippen MR) is 134 cm³/mol. The minimum atomic E-state index is -0.534. The Bertz CT molecular complexity index is 1260. The zero-order valence-electron chi connectivity index (χ0n) is 20.1. The second kappa shape index (κ2) is 10.0. The maximum absolute atomic E-state index is 13.1. The van der Waals surface area contributed by atoms with Crippen molar-refractivity contribution in [3.8, 4) is 17.3 Å². The number of aromatic nitrogens is 2. The minimum absolute atomic E-state index is 0.274. The first-order valence-corrected chi connectivity index (χ1v) is 11.5. The largest absolute Gasteiger partial charge is 0.444 e. The van der Waals surface area contributed by atoms with Gasteiger partial charge in [-0.1, -0.05) is 18.2 Å². The van der Waals surface area contributed by atoms with Crippen molar-refractivity contribution in [2.75, 3.05) is 31.1 Å². The van der Waals surface area contributed by atoms with Gasteiger partial charge in [-0.2, -0.15) is 5.26 Å². The number of H-pyrrole nitrogens is 1. The topological polar surface area (TPSA) is 85.2 Å². The highest BCUT2D eigenvalue weighted by Crippen LogP contribution is 2.28. The number of carbonyl (C=O) groups is 1. The van der Waals surface area contributed by atoms with Crippen LogP contribution in [0.5, 0.6) is 0 Å². The maximum Gasteiger partial charge on any atom is 0.410 e. The van der Waals surface area contributed by atoms with Crippen molar-refractivity contribution in [2.45, 2.75) is 26.4 Å². The van der Waals surface area contributed by atoms with Crippen LogP contribution in [0.4, 0.5) is 15.0 Å². The molecule has 4 rings (SSSR count). The third-order valence-corrected chi connectivity index (χ3v) is 5.57. The summed E-state index contributed by atoms with van der Waals surface area (Å²) < 4.78 is 18.6. The fraction of sp³-hybridized carbons (Fsp3) is 0.296. The molecule has 1 N–H and O–H groups in total. The van der Waals surface area contributed by atoms with Crippen molar-refractivity contribution >= 4 is 24.1 Å². The molecule has 0 saturated carbocycles. The number of piperazine rings is 1. The number of halogens is 1. The molecule has 0 atom stereocenters. The fourth-order valence-electron chi connectivity index (χ4n) is 3.84. The van der Waals surface area contributed by atoms with Crippen molar-refractivity contribution in [2.24, 2.45) is 0 Å². The summed E-state index contributed by atoms with van der Waals surface area (Å²) in [5.74, 6) is 0.468. The Hall–Kier alpha value is -4.12. The molecule has 3 heterocycles. The van der Waals surface area contributed by atoms with Crippen LogP contribution in [0.3, 0.4) is 0 Å². The Kier molecular flexibility index (Phi) is 6.87. The van der Waals surface area contributed by atoms with Gasteiger partial charge < -0.3 is 19.5 Å². The van der Waals surface area contributed by atoms with Gasteiger partial charge in [0.05, 0.1) is 11.3 Å². The summed E-state index contributed by atoms with van der Waals surface area (Å²) in [6.07, 6.45) is 5.13. The standard InChI is InChI=1S/C27H28FN5O2/c1-27(2,3)35-26(34)33-14-12-32(13-15-33)25-21(18-29)17-24(31-25)20-10-11-30-23(16-20)9-6-19-4-7-22(28)8-5-19/h4-11,16-17,31H,12-15H2,1-3H3/b9-6+. The summed E-state index contributed by atoms with van der Waals surface area (Å²) in [4.78, 5) is 23.9. The van der Waals surface area contributed by atoms with Gasteiger partial charge in [0.1, 0.15) is 23.3 Å². The summed E-state index contributed by atoms with van der Waals surface area (Å²) in [5.41, 5.74) is 3.34. The van der Waals surface area contributed by atoms with Gasteiger partial charge in [-0.3, -0.25) is 4.98 Å². The van der Waals surface area contributed by atoms with Gasteiger partial charge in [0, 0.05) is 43.6 Å². The van der Waals surface area contributed by atoms with Crippen LogP contribution in [0.25, 0.3) is 23.4 Å². The van der Waals surface area contributed by atoms with Crippen molar-refractivity contribution in [3.63, 3.8) is 0 Å². The zero-order valence-corrected chi connectivity index (χ0v) is 20.1. The molecule has 0 bridgehead atoms. The number of hydrogen-bond acceptors (Lipinski definition) is 5. The van der Waals surface area contributed by atoms with Crippen LogP contribution in [-0.2, 0) is 4.74 Å². The fourth-order valence-corrected chi connectivity index (χ4v) is 3.84. The highest BCUT2D eigenvalue weighted by molar-refractivity contribution is 5.74. The number of nitrogens with zero attached hydrogens (tertiary/aromatic N) is 4. The van der Waals surface area contributed by atoms with Gasteiger partial charge in [-0.05, 0) is 62.7 Å². The van der Waals surface area contributed by atoms with Crippen LogP contribution in [0.2, 0.25) is 0 Å². The number of nitrogens with one attached hydrogen (secondary N) is 1. The number of aromatic amines is 1. The van der Waals surface area contributed by atoms with E-state index >= 15 is 0 Å². The van der Waals surface area contributed by atoms with Crippen LogP contribution in [0.1, 0.15) is 37.6 Å². The van der Waals surface area contributed by atoms with Gasteiger partial charge in [-0.25, -0.2) is 9.18 Å². The van der Waals surface area contributed by atoms with E-state index in [4.69, 9.17) is 4.74 Å². The lowest BCUT2D eigenvalue weighted by Gasteiger charge is -2.36. The van der Waals surface area contributed by atoms with E-state index in [-0.39, 0.29) is 11.9 Å². The number of rotatable bonds is 4. The summed E-state index contributed by atoms with van der Waals surface area (Å²) in [5, 5.41) is 9.73. The second-order valence-electron chi connectivity index (χ2n) is 9.37. The molecule has 7 nitrogen and oxygen atoms in total. The molecule has 1 fully saturated rings. The smallest absolute Gasteiger partial charge is 0.410 e. The van der Waals surface area contributed by atoms with Crippen molar-refractivity contribution in [1.82, 2.24) is 14.9 Å². The summed E-state index contributed by atoms with van der Waals surface area (Å²) >= 11 is 0. The average molecular weight is 474 g/mol. The average Bonchev–Trinajstić information content (AvgIpc) is 3.28. The number of amides is 1. The normalized spacial score (nSPS) is 14.3. The van der Waals surface area contributed by atoms with Crippen LogP contribution < -0.4 is 4.90 Å². The van der Waals surface area contributed by atoms with E-state index in [0.717, 1.165) is 28.3 Å². The molecule has 8 heteroatoms. The van der Waals surface area contributed by atoms with E-state index in [1.807, 2.05) is 51.1 Å². The number of anilines is 1. The molecule has 1 aliphatic rings. The van der Waals surface area contributed by atoms with E-state index in [2.05, 4.69) is 20.9 Å². The first kappa shape index (κ1) is 24.0. The van der Waals surface area contributed by atoms with Crippen LogP contribution in [0, 0.1) is 17.1 Å². The number of carbonyl (C=O) groups excluding carboxylic acids is 1. The Morgan fingerprint density at radius 2 is 1.83 bits per heavy atom. The molecule has 180 valence electrons. The van der Waals surface area contributed by atoms with Crippen LogP contribution >= 0.6 is 0 Å². The third-order valence-electron chi connectivity index (χ3n) is 5.57. The quantitative estimate of drug-likeness (QED) is 0.555. The van der Waals surface area contributed by atoms with Gasteiger partial charge in [0.25, 0.3) is 0 Å². The van der Waals surface area contributed by atoms with Crippen molar-refractivity contribution < 1.29 is 13.9 Å². The first-order valence-electron chi connectivity index (χ1n) is 11.5. The van der Waals surface area contributed by atoms with Crippen LogP contribution in [-0.4, -0.2) is 52.7 Å². The molecular weight excluding hydrogens is 445 g/mol. The lowest BCUT2D eigenvalue weighted by atomic mass is 10.1. The van der Waals surface area contributed by atoms with Gasteiger partial charge in [0.2, 0.25) is 0 Å². The van der Waals surface area contributed by atoms with E-state index in [9.17, 15) is 14.4 Å². The SMILES string of the molecule is CC(C)(C)OC(=O)N1CCN(c2[nH]c(-c3ccnc(/C=C/c4ccc(F)cc4)c3)cc2C#N)CC1. The first-order chi connectivity index (χ1) is 16.7. The molecule has 1 saturated heterocycles. The van der Waals surface area contributed by atoms with Crippen molar-refractivity contribution in [3.05, 3.63) is 71.3 Å². The number of ether oxygens (including phenoxy) is 1. The minimum Gasteiger partial charge on any atom is -0.444 e. The molecule has 35 heavy (non-hydrogen) atoms. The highest BCUT2D eigenvalue weighted by atomic mass is 19.1.